The highest BCUT2D eigenvalue weighted by atomic mass is 19.4. The summed E-state index contributed by atoms with van der Waals surface area (Å²) in [4.78, 5) is 4.12. The molecule has 120 valence electrons. The monoisotopic (exact) mass is 324 g/mol. The molecule has 0 atom stereocenters. The lowest BCUT2D eigenvalue weighted by Crippen LogP contribution is -2.13. The Kier molecular flexibility index (Phi) is 3.67. The van der Waals surface area contributed by atoms with Crippen LogP contribution < -0.4 is 5.32 Å². The van der Waals surface area contributed by atoms with Crippen molar-refractivity contribution in [3.05, 3.63) is 59.3 Å². The van der Waals surface area contributed by atoms with Crippen LogP contribution in [0.25, 0.3) is 5.52 Å². The number of alkyl halides is 3. The van der Waals surface area contributed by atoms with E-state index in [9.17, 15) is 17.6 Å². The Balaban J connectivity index is 1.91. The molecule has 0 bridgehead atoms. The van der Waals surface area contributed by atoms with Crippen molar-refractivity contribution < 1.29 is 17.6 Å². The van der Waals surface area contributed by atoms with Gasteiger partial charge in [-0.1, -0.05) is 6.07 Å². The summed E-state index contributed by atoms with van der Waals surface area (Å²) in [5.41, 5.74) is 0.361. The maximum atomic E-state index is 13.1. The normalized spacial score (nSPS) is 11.9. The van der Waals surface area contributed by atoms with Crippen LogP contribution in [0.4, 0.5) is 23.4 Å². The highest BCUT2D eigenvalue weighted by molar-refractivity contribution is 5.67. The topological polar surface area (TPSA) is 42.2 Å². The largest absolute Gasteiger partial charge is 0.416 e. The van der Waals surface area contributed by atoms with Crippen molar-refractivity contribution >= 4 is 11.3 Å². The van der Waals surface area contributed by atoms with Gasteiger partial charge in [0.2, 0.25) is 0 Å². The van der Waals surface area contributed by atoms with E-state index in [-0.39, 0.29) is 12.1 Å². The molecule has 0 aliphatic heterocycles. The Morgan fingerprint density at radius 3 is 2.74 bits per heavy atom. The Hall–Kier alpha value is -2.64. The molecule has 1 aromatic carbocycles. The molecule has 1 N–H and O–H groups in total. The summed E-state index contributed by atoms with van der Waals surface area (Å²) in [7, 11) is 0. The molecule has 0 saturated heterocycles. The van der Waals surface area contributed by atoms with Crippen LogP contribution in [0.5, 0.6) is 0 Å². The molecule has 3 aromatic rings. The average molecular weight is 324 g/mol. The van der Waals surface area contributed by atoms with Gasteiger partial charge < -0.3 is 5.32 Å². The van der Waals surface area contributed by atoms with Crippen molar-refractivity contribution in [2.45, 2.75) is 19.6 Å². The molecule has 0 saturated carbocycles. The number of benzene rings is 1. The first-order valence-corrected chi connectivity index (χ1v) is 6.75. The average Bonchev–Trinajstić information content (AvgIpc) is 2.85. The van der Waals surface area contributed by atoms with E-state index in [2.05, 4.69) is 15.4 Å². The minimum Gasteiger partial charge on any atom is -0.364 e. The zero-order chi connectivity index (χ0) is 16.6. The second-order valence-electron chi connectivity index (χ2n) is 5.04. The number of aromatic nitrogens is 3. The van der Waals surface area contributed by atoms with Crippen molar-refractivity contribution in [3.8, 4) is 0 Å². The van der Waals surface area contributed by atoms with Crippen LogP contribution in [-0.4, -0.2) is 14.6 Å². The fourth-order valence-electron chi connectivity index (χ4n) is 2.33. The van der Waals surface area contributed by atoms with Gasteiger partial charge in [0.15, 0.2) is 5.82 Å². The number of nitrogens with zero attached hydrogens (tertiary/aromatic N) is 3. The summed E-state index contributed by atoms with van der Waals surface area (Å²) in [6, 6.07) is 4.38. The molecule has 3 rings (SSSR count). The lowest BCUT2D eigenvalue weighted by atomic mass is 10.1. The number of fused-ring (bicyclic) bond motifs is 1. The van der Waals surface area contributed by atoms with E-state index in [1.165, 1.54) is 6.20 Å². The van der Waals surface area contributed by atoms with Gasteiger partial charge >= 0.3 is 6.18 Å². The van der Waals surface area contributed by atoms with Gasteiger partial charge in [-0.15, -0.1) is 0 Å². The fourth-order valence-corrected chi connectivity index (χ4v) is 2.33. The van der Waals surface area contributed by atoms with Crippen LogP contribution in [0.3, 0.4) is 0 Å². The molecule has 2 heterocycles. The van der Waals surface area contributed by atoms with Gasteiger partial charge in [-0.2, -0.15) is 18.3 Å². The molecule has 0 unspecified atom stereocenters. The number of nitrogens with one attached hydrogen (secondary N) is 1. The third-order valence-corrected chi connectivity index (χ3v) is 3.34. The minimum atomic E-state index is -4.62. The Labute approximate surface area is 128 Å². The van der Waals surface area contributed by atoms with Crippen molar-refractivity contribution in [1.29, 1.82) is 0 Å². The Morgan fingerprint density at radius 2 is 2.00 bits per heavy atom. The van der Waals surface area contributed by atoms with Crippen molar-refractivity contribution in [1.82, 2.24) is 14.6 Å². The molecular weight excluding hydrogens is 312 g/mol. The van der Waals surface area contributed by atoms with E-state index in [0.717, 1.165) is 17.8 Å². The minimum absolute atomic E-state index is 0.0565. The molecule has 0 spiro atoms. The Bertz CT molecular complexity index is 854. The lowest BCUT2D eigenvalue weighted by Gasteiger charge is -2.14. The molecule has 0 fully saturated rings. The van der Waals surface area contributed by atoms with Crippen molar-refractivity contribution in [3.63, 3.8) is 0 Å². The third kappa shape index (κ3) is 3.10. The standard InChI is InChI=1S/C15H12F4N4/c1-9-6-13-14(20-4-5-23(13)22-9)21-8-10-2-3-11(16)7-12(10)15(17,18)19/h2-7H,8H2,1H3,(H,20,21). The van der Waals surface area contributed by atoms with Crippen molar-refractivity contribution in [2.75, 3.05) is 5.32 Å². The van der Waals surface area contributed by atoms with Crippen molar-refractivity contribution in [2.24, 2.45) is 0 Å². The predicted molar refractivity (Wildman–Crippen MR) is 76.5 cm³/mol. The molecule has 8 heteroatoms. The van der Waals surface area contributed by atoms with Crippen LogP contribution in [0.2, 0.25) is 0 Å². The molecule has 0 amide bonds. The summed E-state index contributed by atoms with van der Waals surface area (Å²) < 4.78 is 53.6. The van der Waals surface area contributed by atoms with E-state index in [0.29, 0.717) is 17.4 Å². The number of halogens is 4. The van der Waals surface area contributed by atoms with Gasteiger partial charge in [0, 0.05) is 18.9 Å². The number of rotatable bonds is 3. The zero-order valence-corrected chi connectivity index (χ0v) is 12.0. The van der Waals surface area contributed by atoms with E-state index in [1.54, 1.807) is 23.7 Å². The summed E-state index contributed by atoms with van der Waals surface area (Å²) >= 11 is 0. The van der Waals surface area contributed by atoms with Crippen LogP contribution in [0.15, 0.2) is 36.7 Å². The first-order chi connectivity index (χ1) is 10.8. The lowest BCUT2D eigenvalue weighted by molar-refractivity contribution is -0.138. The first-order valence-electron chi connectivity index (χ1n) is 6.75. The number of hydrogen-bond acceptors (Lipinski definition) is 3. The maximum Gasteiger partial charge on any atom is 0.416 e. The van der Waals surface area contributed by atoms with Gasteiger partial charge in [-0.25, -0.2) is 13.9 Å². The quantitative estimate of drug-likeness (QED) is 0.745. The summed E-state index contributed by atoms with van der Waals surface area (Å²) in [6.45, 7) is 1.67. The summed E-state index contributed by atoms with van der Waals surface area (Å²) in [5, 5.41) is 7.06. The predicted octanol–water partition coefficient (Wildman–Crippen LogP) is 3.81. The van der Waals surface area contributed by atoms with E-state index < -0.39 is 17.6 Å². The van der Waals surface area contributed by atoms with Gasteiger partial charge in [0.1, 0.15) is 11.3 Å². The molecule has 23 heavy (non-hydrogen) atoms. The van der Waals surface area contributed by atoms with Gasteiger partial charge in [0.25, 0.3) is 0 Å². The van der Waals surface area contributed by atoms with Crippen LogP contribution in [0, 0.1) is 12.7 Å². The molecular formula is C15H12F4N4. The highest BCUT2D eigenvalue weighted by Gasteiger charge is 2.33. The Morgan fingerprint density at radius 1 is 1.22 bits per heavy atom. The van der Waals surface area contributed by atoms with Gasteiger partial charge in [-0.3, -0.25) is 0 Å². The number of aryl methyl sites for hydroxylation is 1. The van der Waals surface area contributed by atoms with E-state index >= 15 is 0 Å². The molecule has 0 aliphatic carbocycles. The maximum absolute atomic E-state index is 13.1. The molecule has 2 aromatic heterocycles. The number of anilines is 1. The fraction of sp³-hybridized carbons (Fsp3) is 0.200. The second kappa shape index (κ2) is 5.53. The molecule has 0 aliphatic rings. The first kappa shape index (κ1) is 15.3. The number of hydrogen-bond donors (Lipinski definition) is 1. The third-order valence-electron chi connectivity index (χ3n) is 3.34. The summed E-state index contributed by atoms with van der Waals surface area (Å²) in [6.07, 6.45) is -1.48. The SMILES string of the molecule is Cc1cc2c(NCc3ccc(F)cc3C(F)(F)F)nccn2n1. The molecule has 0 radical (unpaired) electrons. The summed E-state index contributed by atoms with van der Waals surface area (Å²) in [5.74, 6) is -0.515. The highest BCUT2D eigenvalue weighted by Crippen LogP contribution is 2.33. The zero-order valence-electron chi connectivity index (χ0n) is 12.0. The smallest absolute Gasteiger partial charge is 0.364 e. The van der Waals surface area contributed by atoms with Gasteiger partial charge in [0.05, 0.1) is 11.3 Å². The second-order valence-corrected chi connectivity index (χ2v) is 5.04. The van der Waals surface area contributed by atoms with Crippen LogP contribution >= 0.6 is 0 Å². The van der Waals surface area contributed by atoms with E-state index in [1.807, 2.05) is 0 Å². The van der Waals surface area contributed by atoms with Crippen LogP contribution in [-0.2, 0) is 12.7 Å². The molecule has 4 nitrogen and oxygen atoms in total. The van der Waals surface area contributed by atoms with Crippen LogP contribution in [0.1, 0.15) is 16.8 Å². The van der Waals surface area contributed by atoms with E-state index in [4.69, 9.17) is 0 Å². The van der Waals surface area contributed by atoms with Gasteiger partial charge in [-0.05, 0) is 30.7 Å².